The van der Waals surface area contributed by atoms with Crippen molar-refractivity contribution in [3.05, 3.63) is 246 Å². The second kappa shape index (κ2) is 40.5. The molecular formula is C87H81Cl4N19O12S2. The molecular weight excluding hydrogens is 1710 g/mol. The summed E-state index contributed by atoms with van der Waals surface area (Å²) in [6, 6.07) is 30.9. The van der Waals surface area contributed by atoms with Gasteiger partial charge in [-0.15, -0.1) is 22.7 Å². The van der Waals surface area contributed by atoms with Gasteiger partial charge in [-0.25, -0.2) is 39.3 Å². The van der Waals surface area contributed by atoms with Crippen LogP contribution in [0.4, 0.5) is 83.8 Å². The molecule has 0 radical (unpaired) electrons. The first kappa shape index (κ1) is 88.3. The van der Waals surface area contributed by atoms with E-state index in [-0.39, 0.29) is 131 Å². The Bertz CT molecular complexity index is 5850. The molecule has 1 fully saturated rings. The minimum absolute atomic E-state index is 0.0295. The summed E-state index contributed by atoms with van der Waals surface area (Å²) in [6.45, 7) is 11.6. The average Bonchev–Trinajstić information content (AvgIpc) is 0.867. The molecule has 6 aromatic carbocycles. The molecule has 2 atom stereocenters. The third-order valence-corrected chi connectivity index (χ3v) is 23.3. The van der Waals surface area contributed by atoms with Crippen molar-refractivity contribution in [2.75, 3.05) is 93.3 Å². The lowest BCUT2D eigenvalue weighted by Gasteiger charge is -2.37. The van der Waals surface area contributed by atoms with Crippen LogP contribution in [0.2, 0.25) is 20.1 Å². The molecule has 11 aromatic rings. The van der Waals surface area contributed by atoms with Gasteiger partial charge < -0.3 is 49.7 Å². The van der Waals surface area contributed by atoms with Crippen LogP contribution in [0.3, 0.4) is 0 Å². The zero-order chi connectivity index (χ0) is 87.8. The summed E-state index contributed by atoms with van der Waals surface area (Å²) in [5.41, 5.74) is 6.87. The van der Waals surface area contributed by atoms with Gasteiger partial charge in [-0.1, -0.05) is 121 Å². The van der Waals surface area contributed by atoms with Gasteiger partial charge in [-0.05, 0) is 78.4 Å². The van der Waals surface area contributed by atoms with Crippen LogP contribution in [0, 0.1) is 17.2 Å². The number of urea groups is 3. The molecule has 636 valence electrons. The Hall–Kier alpha value is -13.5. The third kappa shape index (κ3) is 20.0. The number of carbonyl (C=O) groups excluding carboxylic acids is 6. The Kier molecular flexibility index (Phi) is 28.8. The number of carbonyl (C=O) groups is 6. The number of rotatable bonds is 29. The summed E-state index contributed by atoms with van der Waals surface area (Å²) < 4.78 is 32.5. The van der Waals surface area contributed by atoms with Crippen LogP contribution >= 0.6 is 69.1 Å². The number of ketones is 2. The van der Waals surface area contributed by atoms with Crippen LogP contribution in [0.1, 0.15) is 75.5 Å². The largest absolute Gasteiger partial charge is 0.497 e. The molecule has 4 N–H and O–H groups in total. The van der Waals surface area contributed by atoms with Gasteiger partial charge in [0.2, 0.25) is 23.8 Å². The van der Waals surface area contributed by atoms with Gasteiger partial charge in [-0.3, -0.25) is 43.8 Å². The van der Waals surface area contributed by atoms with Crippen molar-refractivity contribution in [1.29, 1.82) is 5.26 Å². The minimum Gasteiger partial charge on any atom is -0.497 e. The predicted molar refractivity (Wildman–Crippen MR) is 480 cm³/mol. The van der Waals surface area contributed by atoms with Crippen LogP contribution < -0.4 is 79.1 Å². The molecule has 0 unspecified atom stereocenters. The molecule has 15 rings (SSSR count). The number of allylic oxidation sites excluding steroid dienone is 2. The number of nitrogens with zero attached hydrogens (tertiary/aromatic N) is 15. The quantitative estimate of drug-likeness (QED) is 0.0316. The van der Waals surface area contributed by atoms with Crippen LogP contribution in [-0.4, -0.2) is 124 Å². The van der Waals surface area contributed by atoms with E-state index in [1.165, 1.54) is 84.0 Å². The third-order valence-electron chi connectivity index (χ3n) is 20.3. The van der Waals surface area contributed by atoms with E-state index in [9.17, 15) is 34.0 Å². The second-order valence-corrected chi connectivity index (χ2v) is 31.4. The predicted octanol–water partition coefficient (Wildman–Crippen LogP) is 18.3. The number of hydrogen-bond donors (Lipinski definition) is 4. The Morgan fingerprint density at radius 3 is 1.48 bits per heavy atom. The van der Waals surface area contributed by atoms with E-state index in [0.29, 0.717) is 114 Å². The van der Waals surface area contributed by atoms with Gasteiger partial charge in [0.15, 0.2) is 11.6 Å². The first-order valence-corrected chi connectivity index (χ1v) is 41.6. The fraction of sp³-hybridized carbons (Fsp3) is 0.230. The van der Waals surface area contributed by atoms with Crippen LogP contribution in [0.25, 0.3) is 0 Å². The maximum Gasteiger partial charge on any atom is 0.330 e. The van der Waals surface area contributed by atoms with E-state index in [4.69, 9.17) is 89.8 Å². The van der Waals surface area contributed by atoms with Gasteiger partial charge in [0, 0.05) is 113 Å². The van der Waals surface area contributed by atoms with Crippen LogP contribution in [0.5, 0.6) is 34.5 Å². The molecule has 0 spiro atoms. The Morgan fingerprint density at radius 2 is 0.992 bits per heavy atom. The fourth-order valence-corrected chi connectivity index (χ4v) is 16.8. The monoisotopic (exact) mass is 1790 g/mol. The lowest BCUT2D eigenvalue weighted by Crippen LogP contribution is -2.48. The molecule has 7 amide bonds. The number of benzene rings is 6. The average molecular weight is 1790 g/mol. The molecule has 31 nitrogen and oxygen atoms in total. The number of ether oxygens (including phenoxy) is 6. The Morgan fingerprint density at radius 1 is 0.524 bits per heavy atom. The molecule has 0 bridgehead atoms. The van der Waals surface area contributed by atoms with E-state index in [0.717, 1.165) is 41.8 Å². The SMILES string of the molecule is C=CC(=O)C[C@H]1CCCC[C@H]1Nc1ncc2c(n1)N(Cc1nccs1)C(=O)N(c1c(Cl)c(OC)cc(OC)c1Cl)C2.C=CC(=O)Cc1ccccc1Nc1ncc2c(n1)N(Cc1nccs1)C(=O)N(c1c(Cl)c(OC)cc(OC)c1Cl)C2.C=CC(=O)Nc1ccccc1Nc1ncc2c(n1)N(Cc1cccc(C#N)c1)C(=O)N(c1cc(OC)cc(OC)c1)C2. The standard InChI is InChI=1S/C31H27N7O4.C28H30Cl2N6O4S.C28H24Cl2N6O4S/c1-4-28(39)34-26-10-5-6-11-27(26)35-30-33-17-22-19-37(23-13-24(41-2)15-25(14-23)42-3)31(40)38(29(22)36-30)18-21-9-7-8-20(12-21)16-32;2*1-4-18(37)11-16-7-5-6-8-19(16)33-27-32-13-17-14-35(25-23(29)20(39-2)12-21(40-3)24(25)30)28(38)36(26(17)34-27)15-22-31-9-10-41-22/h4-15,17H,1,18-19H2,2-3H3,(H,34,39)(H,33,35,36);4,9-10,12-13,16,19H,1,5-8,11,14-15H2,2-3H3,(H,32,33,34);4-10,12-13H,1,11,14-15H2,2-3H3,(H,32,33,34)/t;16-,19-;/m.1./s1. The number of aromatic nitrogens is 8. The molecule has 4 aliphatic rings. The highest BCUT2D eigenvalue weighted by Gasteiger charge is 2.41. The summed E-state index contributed by atoms with van der Waals surface area (Å²) >= 11 is 29.6. The summed E-state index contributed by atoms with van der Waals surface area (Å²) in [6.07, 6.45) is 16.8. The van der Waals surface area contributed by atoms with Crippen LogP contribution in [0.15, 0.2) is 183 Å². The van der Waals surface area contributed by atoms with E-state index in [1.54, 1.807) is 127 Å². The van der Waals surface area contributed by atoms with Gasteiger partial charge in [0.25, 0.3) is 0 Å². The number of hydrogen-bond acceptors (Lipinski definition) is 26. The maximum absolute atomic E-state index is 14.1. The second-order valence-electron chi connectivity index (χ2n) is 27.9. The molecule has 3 aliphatic heterocycles. The number of thiazole rings is 2. The maximum atomic E-state index is 14.1. The Labute approximate surface area is 741 Å². The zero-order valence-electron chi connectivity index (χ0n) is 67.8. The lowest BCUT2D eigenvalue weighted by atomic mass is 9.81. The summed E-state index contributed by atoms with van der Waals surface area (Å²) in [5.74, 6) is 4.21. The van der Waals surface area contributed by atoms with Crippen molar-refractivity contribution >= 4 is 174 Å². The normalized spacial score (nSPS) is 14.4. The molecule has 1 aliphatic carbocycles. The molecule has 8 heterocycles. The number of fused-ring (bicyclic) bond motifs is 3. The lowest BCUT2D eigenvalue weighted by molar-refractivity contribution is -0.116. The first-order valence-electron chi connectivity index (χ1n) is 38.4. The number of methoxy groups -OCH3 is 6. The smallest absolute Gasteiger partial charge is 0.330 e. The fourth-order valence-electron chi connectivity index (χ4n) is 14.2. The van der Waals surface area contributed by atoms with Crippen molar-refractivity contribution < 1.29 is 57.2 Å². The molecule has 37 heteroatoms. The van der Waals surface area contributed by atoms with Crippen molar-refractivity contribution in [3.63, 3.8) is 0 Å². The zero-order valence-corrected chi connectivity index (χ0v) is 72.4. The number of para-hydroxylation sites is 3. The first-order chi connectivity index (χ1) is 60.1. The van der Waals surface area contributed by atoms with E-state index in [2.05, 4.69) is 72.0 Å². The molecule has 124 heavy (non-hydrogen) atoms. The van der Waals surface area contributed by atoms with Crippen LogP contribution in [-0.2, 0) is 60.1 Å². The van der Waals surface area contributed by atoms with E-state index < -0.39 is 6.03 Å². The van der Waals surface area contributed by atoms with E-state index >= 15 is 0 Å². The van der Waals surface area contributed by atoms with Crippen molar-refractivity contribution in [3.8, 4) is 40.6 Å². The summed E-state index contributed by atoms with van der Waals surface area (Å²) in [5, 5.41) is 27.7. The van der Waals surface area contributed by atoms with Crippen molar-refractivity contribution in [2.24, 2.45) is 5.92 Å². The minimum atomic E-state index is -0.423. The summed E-state index contributed by atoms with van der Waals surface area (Å²) in [7, 11) is 8.98. The highest BCUT2D eigenvalue weighted by atomic mass is 35.5. The van der Waals surface area contributed by atoms with E-state index in [1.807, 2.05) is 47.2 Å². The van der Waals surface area contributed by atoms with Gasteiger partial charge in [0.1, 0.15) is 82.1 Å². The van der Waals surface area contributed by atoms with Gasteiger partial charge >= 0.3 is 18.1 Å². The summed E-state index contributed by atoms with van der Waals surface area (Å²) in [4.78, 5) is 124. The number of nitriles is 1. The molecule has 1 saturated carbocycles. The van der Waals surface area contributed by atoms with Gasteiger partial charge in [-0.2, -0.15) is 20.2 Å². The molecule has 0 saturated heterocycles. The number of amides is 7. The highest BCUT2D eigenvalue weighted by Crippen LogP contribution is 2.51. The topological polar surface area (TPSA) is 352 Å². The molecule has 5 aromatic heterocycles. The van der Waals surface area contributed by atoms with Gasteiger partial charge in [0.05, 0.1) is 122 Å². The number of halogens is 4. The highest BCUT2D eigenvalue weighted by molar-refractivity contribution is 7.09. The number of nitrogens with one attached hydrogen (secondary N) is 4. The van der Waals surface area contributed by atoms with Crippen molar-refractivity contribution in [1.82, 2.24) is 39.9 Å². The Balaban J connectivity index is 0.000000160. The number of anilines is 12. The van der Waals surface area contributed by atoms with Crippen molar-refractivity contribution in [2.45, 2.75) is 83.8 Å².